The first kappa shape index (κ1) is 36.2. The molecule has 4 aromatic heterocycles. The van der Waals surface area contributed by atoms with E-state index >= 15 is 0 Å². The van der Waals surface area contributed by atoms with E-state index in [1.807, 2.05) is 30.3 Å². The molecule has 0 aliphatic heterocycles. The molecule has 15 rings (SSSR count). The monoisotopic (exact) mass is 853 g/mol. The van der Waals surface area contributed by atoms with Crippen molar-refractivity contribution in [1.82, 2.24) is 24.1 Å². The van der Waals surface area contributed by atoms with E-state index in [9.17, 15) is 0 Å². The average Bonchev–Trinajstić information content (AvgIpc) is 4.06. The number of furan rings is 1. The van der Waals surface area contributed by atoms with Crippen molar-refractivity contribution in [3.63, 3.8) is 0 Å². The zero-order valence-corrected chi connectivity index (χ0v) is 35.9. The molecule has 6 heteroatoms. The minimum atomic E-state index is 0.569. The lowest BCUT2D eigenvalue weighted by Crippen LogP contribution is -2.06. The van der Waals surface area contributed by atoms with Crippen LogP contribution in [0.5, 0.6) is 0 Å². The lowest BCUT2D eigenvalue weighted by atomic mass is 9.89. The second-order valence-electron chi connectivity index (χ2n) is 17.5. The highest BCUT2D eigenvalue weighted by molar-refractivity contribution is 6.39. The van der Waals surface area contributed by atoms with Crippen LogP contribution in [-0.2, 0) is 0 Å². The predicted molar refractivity (Wildman–Crippen MR) is 276 cm³/mol. The molecule has 0 saturated carbocycles. The maximum absolute atomic E-state index is 6.36. The Kier molecular flexibility index (Phi) is 7.40. The van der Waals surface area contributed by atoms with Crippen LogP contribution in [0.2, 0.25) is 0 Å². The van der Waals surface area contributed by atoms with E-state index in [1.165, 1.54) is 43.1 Å². The Labute approximate surface area is 382 Å². The van der Waals surface area contributed by atoms with Crippen molar-refractivity contribution >= 4 is 97.9 Å². The third-order valence-corrected chi connectivity index (χ3v) is 13.9. The molecule has 15 aromatic rings. The molecule has 0 aliphatic carbocycles. The van der Waals surface area contributed by atoms with Crippen molar-refractivity contribution in [3.8, 4) is 45.5 Å². The van der Waals surface area contributed by atoms with E-state index in [1.54, 1.807) is 0 Å². The second-order valence-corrected chi connectivity index (χ2v) is 17.5. The van der Waals surface area contributed by atoms with Crippen molar-refractivity contribution in [2.45, 2.75) is 0 Å². The zero-order valence-electron chi connectivity index (χ0n) is 35.9. The van der Waals surface area contributed by atoms with Gasteiger partial charge in [0.15, 0.2) is 11.6 Å². The number of aromatic nitrogens is 5. The zero-order chi connectivity index (χ0) is 43.7. The number of fused-ring (bicyclic) bond motifs is 11. The number of para-hydroxylation sites is 3. The molecule has 0 unspecified atom stereocenters. The first-order chi connectivity index (χ1) is 33.2. The Hall–Kier alpha value is -9.13. The number of benzene rings is 11. The summed E-state index contributed by atoms with van der Waals surface area (Å²) in [5, 5.41) is 14.1. The van der Waals surface area contributed by atoms with Crippen molar-refractivity contribution in [1.29, 1.82) is 0 Å². The Morgan fingerprint density at radius 3 is 1.84 bits per heavy atom. The van der Waals surface area contributed by atoms with Gasteiger partial charge in [-0.05, 0) is 105 Å². The number of nitrogens with zero attached hydrogens (tertiary/aromatic N) is 5. The van der Waals surface area contributed by atoms with E-state index < -0.39 is 0 Å². The molecule has 0 fully saturated rings. The SMILES string of the molecule is c1ccc(-c2nc(-c3ccc4c(c3)c3ccccc3n4-c3ccccc3)nc(-n3c4cccc5c6cc(-c7cccc8oc9ccccc9c78)ccc6c6c7ccccc7cc3c6c54)n2)cc1. The highest BCUT2D eigenvalue weighted by Crippen LogP contribution is 2.48. The fraction of sp³-hybridized carbons (Fsp3) is 0. The van der Waals surface area contributed by atoms with Gasteiger partial charge in [0.25, 0.3) is 0 Å². The molecule has 67 heavy (non-hydrogen) atoms. The van der Waals surface area contributed by atoms with Crippen LogP contribution in [-0.4, -0.2) is 24.1 Å². The molecule has 0 bridgehead atoms. The van der Waals surface area contributed by atoms with Gasteiger partial charge in [-0.1, -0.05) is 146 Å². The van der Waals surface area contributed by atoms with Crippen LogP contribution >= 0.6 is 0 Å². The maximum Gasteiger partial charge on any atom is 0.238 e. The first-order valence-electron chi connectivity index (χ1n) is 22.7. The minimum absolute atomic E-state index is 0.569. The summed E-state index contributed by atoms with van der Waals surface area (Å²) in [5.41, 5.74) is 11.4. The summed E-state index contributed by atoms with van der Waals surface area (Å²) in [6, 6.07) is 75.5. The Balaban J connectivity index is 1.01. The summed E-state index contributed by atoms with van der Waals surface area (Å²) in [4.78, 5) is 16.1. The van der Waals surface area contributed by atoms with Crippen LogP contribution in [0, 0.1) is 0 Å². The predicted octanol–water partition coefficient (Wildman–Crippen LogP) is 15.9. The molecule has 11 aromatic carbocycles. The van der Waals surface area contributed by atoms with Gasteiger partial charge in [0.05, 0.1) is 22.1 Å². The second kappa shape index (κ2) is 13.7. The molecule has 0 atom stereocenters. The summed E-state index contributed by atoms with van der Waals surface area (Å²) in [6.07, 6.45) is 0. The van der Waals surface area contributed by atoms with E-state index in [4.69, 9.17) is 19.4 Å². The lowest BCUT2D eigenvalue weighted by Gasteiger charge is -2.13. The smallest absolute Gasteiger partial charge is 0.238 e. The third-order valence-electron chi connectivity index (χ3n) is 13.9. The minimum Gasteiger partial charge on any atom is -0.456 e. The Bertz CT molecular complexity index is 4510. The third kappa shape index (κ3) is 5.18. The fourth-order valence-electron chi connectivity index (χ4n) is 11.0. The summed E-state index contributed by atoms with van der Waals surface area (Å²) >= 11 is 0. The van der Waals surface area contributed by atoms with E-state index in [0.717, 1.165) is 82.7 Å². The molecule has 4 heterocycles. The van der Waals surface area contributed by atoms with E-state index in [0.29, 0.717) is 17.6 Å². The maximum atomic E-state index is 6.36. The molecule has 0 amide bonds. The normalized spacial score (nSPS) is 12.2. The highest BCUT2D eigenvalue weighted by atomic mass is 16.3. The van der Waals surface area contributed by atoms with Gasteiger partial charge < -0.3 is 8.98 Å². The molecule has 310 valence electrons. The summed E-state index contributed by atoms with van der Waals surface area (Å²) in [6.45, 7) is 0. The molecular formula is C61H35N5O. The van der Waals surface area contributed by atoms with Gasteiger partial charge in [-0.15, -0.1) is 0 Å². The molecular weight excluding hydrogens is 819 g/mol. The van der Waals surface area contributed by atoms with Gasteiger partial charge in [-0.3, -0.25) is 4.57 Å². The lowest BCUT2D eigenvalue weighted by molar-refractivity contribution is 0.669. The Morgan fingerprint density at radius 1 is 0.313 bits per heavy atom. The van der Waals surface area contributed by atoms with Crippen LogP contribution < -0.4 is 0 Å². The van der Waals surface area contributed by atoms with E-state index in [2.05, 4.69) is 191 Å². The fourth-order valence-corrected chi connectivity index (χ4v) is 11.0. The number of hydrogen-bond acceptors (Lipinski definition) is 4. The molecule has 0 N–H and O–H groups in total. The van der Waals surface area contributed by atoms with Crippen LogP contribution in [0.3, 0.4) is 0 Å². The molecule has 0 spiro atoms. The molecule has 0 radical (unpaired) electrons. The van der Waals surface area contributed by atoms with Gasteiger partial charge in [0.2, 0.25) is 5.95 Å². The van der Waals surface area contributed by atoms with Crippen molar-refractivity contribution < 1.29 is 4.42 Å². The van der Waals surface area contributed by atoms with E-state index in [-0.39, 0.29) is 0 Å². The topological polar surface area (TPSA) is 61.7 Å². The summed E-state index contributed by atoms with van der Waals surface area (Å²) < 4.78 is 11.0. The highest BCUT2D eigenvalue weighted by Gasteiger charge is 2.25. The molecule has 0 aliphatic rings. The van der Waals surface area contributed by atoms with Gasteiger partial charge in [-0.25, -0.2) is 4.98 Å². The summed E-state index contributed by atoms with van der Waals surface area (Å²) in [5.74, 6) is 1.79. The molecule has 6 nitrogen and oxygen atoms in total. The standard InChI is InChI=1S/C61H35N5O/c1-3-15-36(16-4-1)59-62-60(39-30-32-50-48(34-39)43-21-9-11-25-49(43)65(50)40-18-5-2-6-19-40)64-61(63-59)66-51-26-13-24-44-47-33-38(41-23-14-28-54-55(41)46-22-10-12-27-53(46)67-54)29-31-45(47)56-42-20-8-7-17-37(42)35-52(66)58(56)57(44)51/h1-35H. The quantitative estimate of drug-likeness (QED) is 0.162. The summed E-state index contributed by atoms with van der Waals surface area (Å²) in [7, 11) is 0. The number of hydrogen-bond donors (Lipinski definition) is 0. The number of rotatable bonds is 5. The Morgan fingerprint density at radius 2 is 0.955 bits per heavy atom. The van der Waals surface area contributed by atoms with Crippen molar-refractivity contribution in [3.05, 3.63) is 212 Å². The van der Waals surface area contributed by atoms with Crippen molar-refractivity contribution in [2.24, 2.45) is 0 Å². The molecule has 0 saturated heterocycles. The van der Waals surface area contributed by atoms with Crippen molar-refractivity contribution in [2.75, 3.05) is 0 Å². The van der Waals surface area contributed by atoms with Gasteiger partial charge in [-0.2, -0.15) is 9.97 Å². The van der Waals surface area contributed by atoms with Crippen LogP contribution in [0.15, 0.2) is 217 Å². The van der Waals surface area contributed by atoms with Crippen LogP contribution in [0.1, 0.15) is 0 Å². The van der Waals surface area contributed by atoms with Gasteiger partial charge in [0, 0.05) is 54.5 Å². The van der Waals surface area contributed by atoms with Gasteiger partial charge >= 0.3 is 0 Å². The first-order valence-corrected chi connectivity index (χ1v) is 22.7. The van der Waals surface area contributed by atoms with Crippen LogP contribution in [0.25, 0.3) is 143 Å². The largest absolute Gasteiger partial charge is 0.456 e. The van der Waals surface area contributed by atoms with Crippen LogP contribution in [0.4, 0.5) is 0 Å². The average molecular weight is 854 g/mol. The van der Waals surface area contributed by atoms with Gasteiger partial charge in [0.1, 0.15) is 11.2 Å².